The molecular weight excluding hydrogens is 495 g/mol. The van der Waals surface area contributed by atoms with Gasteiger partial charge in [-0.2, -0.15) is 12.7 Å². The van der Waals surface area contributed by atoms with Crippen LogP contribution < -0.4 is 19.7 Å². The van der Waals surface area contributed by atoms with E-state index < -0.39 is 16.0 Å². The number of hydrogen-bond acceptors (Lipinski definition) is 7. The molecule has 2 N–H and O–H groups in total. The molecule has 1 spiro atoms. The summed E-state index contributed by atoms with van der Waals surface area (Å²) in [6.07, 6.45) is 5.33. The Kier molecular flexibility index (Phi) is 6.95. The molecule has 37 heavy (non-hydrogen) atoms. The van der Waals surface area contributed by atoms with E-state index in [4.69, 9.17) is 9.72 Å². The molecule has 2 aliphatic rings. The molecule has 2 aromatic carbocycles. The number of halogens is 1. The highest BCUT2D eigenvalue weighted by Crippen LogP contribution is 2.40. The number of piperidine rings is 1. The number of hydrogen-bond donors (Lipinski definition) is 2. The van der Waals surface area contributed by atoms with Crippen LogP contribution in [0.3, 0.4) is 0 Å². The Morgan fingerprint density at radius 1 is 1.19 bits per heavy atom. The van der Waals surface area contributed by atoms with Crippen LogP contribution in [0.15, 0.2) is 36.5 Å². The molecule has 2 fully saturated rings. The van der Waals surface area contributed by atoms with Crippen LogP contribution in [-0.2, 0) is 10.2 Å². The molecule has 0 saturated carbocycles. The van der Waals surface area contributed by atoms with E-state index in [1.54, 1.807) is 32.0 Å². The summed E-state index contributed by atoms with van der Waals surface area (Å²) < 4.78 is 49.3. The Hall–Kier alpha value is -3.02. The van der Waals surface area contributed by atoms with Gasteiger partial charge in [0, 0.05) is 38.3 Å². The molecule has 0 atom stereocenters. The van der Waals surface area contributed by atoms with Crippen LogP contribution in [0.2, 0.25) is 0 Å². The van der Waals surface area contributed by atoms with Gasteiger partial charge in [-0.05, 0) is 69.0 Å². The van der Waals surface area contributed by atoms with E-state index in [0.717, 1.165) is 38.4 Å². The van der Waals surface area contributed by atoms with Crippen molar-refractivity contribution in [2.45, 2.75) is 33.1 Å². The van der Waals surface area contributed by atoms with Gasteiger partial charge < -0.3 is 15.0 Å². The lowest BCUT2D eigenvalue weighted by Crippen LogP contribution is -2.38. The summed E-state index contributed by atoms with van der Waals surface area (Å²) in [7, 11) is -2.29. The van der Waals surface area contributed by atoms with Crippen molar-refractivity contribution in [2.75, 3.05) is 49.4 Å². The summed E-state index contributed by atoms with van der Waals surface area (Å²) in [4.78, 5) is 11.8. The van der Waals surface area contributed by atoms with Crippen molar-refractivity contribution in [3.8, 4) is 11.5 Å². The van der Waals surface area contributed by atoms with Crippen LogP contribution in [0.5, 0.6) is 11.5 Å². The highest BCUT2D eigenvalue weighted by molar-refractivity contribution is 7.90. The number of anilines is 2. The SMILES string of the molecule is CCN(C)S(=O)(=O)Nc1ccc(F)c(Oc2ccc3ncc(N4CCC5(CCNCC5)C4)nc3c2)c1C. The van der Waals surface area contributed by atoms with E-state index in [-0.39, 0.29) is 11.4 Å². The molecule has 0 amide bonds. The molecule has 0 radical (unpaired) electrons. The van der Waals surface area contributed by atoms with E-state index in [9.17, 15) is 12.8 Å². The van der Waals surface area contributed by atoms with E-state index >= 15 is 0 Å². The van der Waals surface area contributed by atoms with E-state index in [0.29, 0.717) is 34.3 Å². The first-order chi connectivity index (χ1) is 17.7. The average molecular weight is 529 g/mol. The van der Waals surface area contributed by atoms with Crippen LogP contribution in [0.4, 0.5) is 15.9 Å². The molecule has 0 aliphatic carbocycles. The predicted octanol–water partition coefficient (Wildman–Crippen LogP) is 4.06. The highest BCUT2D eigenvalue weighted by atomic mass is 32.2. The fourth-order valence-electron chi connectivity index (χ4n) is 5.09. The summed E-state index contributed by atoms with van der Waals surface area (Å²) in [6.45, 7) is 7.70. The fourth-order valence-corrected chi connectivity index (χ4v) is 6.09. The Balaban J connectivity index is 1.39. The van der Waals surface area contributed by atoms with Crippen molar-refractivity contribution in [2.24, 2.45) is 5.41 Å². The highest BCUT2D eigenvalue weighted by Gasteiger charge is 2.39. The maximum atomic E-state index is 14.8. The Morgan fingerprint density at radius 2 is 1.97 bits per heavy atom. The fraction of sp³-hybridized carbons (Fsp3) is 0.462. The monoisotopic (exact) mass is 528 g/mol. The first kappa shape index (κ1) is 25.6. The number of rotatable bonds is 7. The molecule has 2 saturated heterocycles. The maximum absolute atomic E-state index is 14.8. The number of nitrogens with one attached hydrogen (secondary N) is 2. The van der Waals surface area contributed by atoms with Gasteiger partial charge in [-0.15, -0.1) is 0 Å². The molecule has 11 heteroatoms. The second-order valence-corrected chi connectivity index (χ2v) is 11.8. The van der Waals surface area contributed by atoms with Crippen molar-refractivity contribution in [1.82, 2.24) is 19.6 Å². The van der Waals surface area contributed by atoms with Crippen molar-refractivity contribution in [1.29, 1.82) is 0 Å². The number of aromatic nitrogens is 2. The molecule has 0 bridgehead atoms. The summed E-state index contributed by atoms with van der Waals surface area (Å²) in [6, 6.07) is 7.81. The lowest BCUT2D eigenvalue weighted by molar-refractivity contribution is 0.232. The van der Waals surface area contributed by atoms with E-state index in [2.05, 4.69) is 19.9 Å². The molecule has 3 aromatic rings. The molecule has 0 unspecified atom stereocenters. The van der Waals surface area contributed by atoms with Gasteiger partial charge in [-0.3, -0.25) is 9.71 Å². The standard InChI is InChI=1S/C26H33FN6O3S/c1-4-32(3)37(34,35)31-21-8-6-20(27)25(18(21)2)36-19-5-7-22-23(15-19)30-24(16-29-22)33-14-11-26(17-33)9-12-28-13-10-26/h5-8,15-16,28,31H,4,9-14,17H2,1-3H3. The molecule has 5 rings (SSSR count). The van der Waals surface area contributed by atoms with Crippen molar-refractivity contribution in [3.05, 3.63) is 47.9 Å². The predicted molar refractivity (Wildman–Crippen MR) is 143 cm³/mol. The Morgan fingerprint density at radius 3 is 2.73 bits per heavy atom. The largest absolute Gasteiger partial charge is 0.454 e. The van der Waals surface area contributed by atoms with E-state index in [1.807, 2.05) is 6.20 Å². The third-order valence-electron chi connectivity index (χ3n) is 7.60. The second kappa shape index (κ2) is 10.0. The summed E-state index contributed by atoms with van der Waals surface area (Å²) >= 11 is 0. The van der Waals surface area contributed by atoms with Gasteiger partial charge in [0.1, 0.15) is 11.6 Å². The molecule has 198 valence electrons. The first-order valence-electron chi connectivity index (χ1n) is 12.6. The van der Waals surface area contributed by atoms with Crippen LogP contribution in [0, 0.1) is 18.2 Å². The van der Waals surface area contributed by atoms with Crippen molar-refractivity contribution in [3.63, 3.8) is 0 Å². The third-order valence-corrected chi connectivity index (χ3v) is 9.16. The van der Waals surface area contributed by atoms with Gasteiger partial charge in [0.2, 0.25) is 0 Å². The smallest absolute Gasteiger partial charge is 0.301 e. The van der Waals surface area contributed by atoms with Crippen molar-refractivity contribution < 1.29 is 17.5 Å². The minimum absolute atomic E-state index is 0.0461. The van der Waals surface area contributed by atoms with Crippen LogP contribution in [-0.4, -0.2) is 62.5 Å². The first-order valence-corrected chi connectivity index (χ1v) is 14.1. The normalized spacial score (nSPS) is 17.6. The molecule has 1 aromatic heterocycles. The Labute approximate surface area is 217 Å². The molecule has 9 nitrogen and oxygen atoms in total. The minimum atomic E-state index is -3.76. The summed E-state index contributed by atoms with van der Waals surface area (Å²) in [5.41, 5.74) is 2.31. The lowest BCUT2D eigenvalue weighted by atomic mass is 9.78. The van der Waals surface area contributed by atoms with Crippen LogP contribution in [0.25, 0.3) is 11.0 Å². The van der Waals surface area contributed by atoms with Gasteiger partial charge >= 0.3 is 10.2 Å². The summed E-state index contributed by atoms with van der Waals surface area (Å²) in [5.74, 6) is 0.588. The van der Waals surface area contributed by atoms with E-state index in [1.165, 1.54) is 36.3 Å². The number of nitrogens with zero attached hydrogens (tertiary/aromatic N) is 4. The molecule has 3 heterocycles. The zero-order valence-electron chi connectivity index (χ0n) is 21.4. The molecular formula is C26H33FN6O3S. The van der Waals surface area contributed by atoms with Crippen LogP contribution >= 0.6 is 0 Å². The second-order valence-electron chi connectivity index (χ2n) is 9.97. The maximum Gasteiger partial charge on any atom is 0.301 e. The lowest BCUT2D eigenvalue weighted by Gasteiger charge is -2.33. The van der Waals surface area contributed by atoms with Gasteiger partial charge in [-0.25, -0.2) is 9.37 Å². The molecule has 2 aliphatic heterocycles. The Bertz CT molecular complexity index is 1410. The zero-order valence-corrected chi connectivity index (χ0v) is 22.2. The van der Waals surface area contributed by atoms with Gasteiger partial charge in [0.15, 0.2) is 11.6 Å². The average Bonchev–Trinajstić information content (AvgIpc) is 3.30. The van der Waals surface area contributed by atoms with Crippen molar-refractivity contribution >= 4 is 32.7 Å². The minimum Gasteiger partial charge on any atom is -0.454 e. The number of benzene rings is 2. The summed E-state index contributed by atoms with van der Waals surface area (Å²) in [5, 5.41) is 3.45. The zero-order chi connectivity index (χ0) is 26.2. The topological polar surface area (TPSA) is 99.7 Å². The van der Waals surface area contributed by atoms with Gasteiger partial charge in [0.25, 0.3) is 0 Å². The third kappa shape index (κ3) is 5.21. The van der Waals surface area contributed by atoms with Crippen LogP contribution in [0.1, 0.15) is 31.7 Å². The van der Waals surface area contributed by atoms with Gasteiger partial charge in [-0.1, -0.05) is 6.92 Å². The quantitative estimate of drug-likeness (QED) is 0.477. The van der Waals surface area contributed by atoms with Gasteiger partial charge in [0.05, 0.1) is 22.9 Å². The number of fused-ring (bicyclic) bond motifs is 1. The number of ether oxygens (including phenoxy) is 1.